The van der Waals surface area contributed by atoms with Gasteiger partial charge in [-0.15, -0.1) is 11.8 Å². The van der Waals surface area contributed by atoms with Crippen LogP contribution in [0.3, 0.4) is 0 Å². The molecule has 2 aromatic rings. The molecule has 1 fully saturated rings. The molecule has 1 unspecified atom stereocenters. The van der Waals surface area contributed by atoms with Gasteiger partial charge in [-0.05, 0) is 48.7 Å². The number of fused-ring (bicyclic) bond motifs is 1. The lowest BCUT2D eigenvalue weighted by Gasteiger charge is -2.50. The Morgan fingerprint density at radius 2 is 1.74 bits per heavy atom. The van der Waals surface area contributed by atoms with E-state index in [0.717, 1.165) is 16.9 Å². The van der Waals surface area contributed by atoms with Crippen molar-refractivity contribution < 1.29 is 28.2 Å². The van der Waals surface area contributed by atoms with Gasteiger partial charge in [-0.1, -0.05) is 79.2 Å². The number of hydrogen-bond donors (Lipinski definition) is 0. The smallest absolute Gasteiger partial charge is 0.303 e. The van der Waals surface area contributed by atoms with Crippen LogP contribution >= 0.6 is 27.7 Å². The number of ketones is 1. The molecule has 0 bridgehead atoms. The second-order valence-corrected chi connectivity index (χ2v) is 18.3. The van der Waals surface area contributed by atoms with Crippen LogP contribution in [0.1, 0.15) is 50.0 Å². The van der Waals surface area contributed by atoms with Crippen LogP contribution in [-0.2, 0) is 29.9 Å². The van der Waals surface area contributed by atoms with Crippen LogP contribution in [0.2, 0.25) is 18.1 Å². The van der Waals surface area contributed by atoms with Gasteiger partial charge in [0.05, 0.1) is 5.25 Å². The van der Waals surface area contributed by atoms with Crippen LogP contribution in [0.25, 0.3) is 0 Å². The molecular formula is C30H39BrO6SSi. The number of rotatable bonds is 8. The maximum atomic E-state index is 13.5. The van der Waals surface area contributed by atoms with Crippen LogP contribution in [0, 0.1) is 0 Å². The fraction of sp³-hybridized carbons (Fsp3) is 0.533. The second-order valence-electron chi connectivity index (χ2n) is 11.7. The summed E-state index contributed by atoms with van der Waals surface area (Å²) in [6.45, 7) is 12.4. The van der Waals surface area contributed by atoms with Crippen molar-refractivity contribution in [3.05, 3.63) is 65.7 Å². The summed E-state index contributed by atoms with van der Waals surface area (Å²) in [6.07, 6.45) is -1.69. The van der Waals surface area contributed by atoms with E-state index in [1.54, 1.807) is 11.8 Å². The van der Waals surface area contributed by atoms with E-state index in [0.29, 0.717) is 17.3 Å². The van der Waals surface area contributed by atoms with Crippen molar-refractivity contribution >= 4 is 47.8 Å². The van der Waals surface area contributed by atoms with Crippen molar-refractivity contribution in [3.63, 3.8) is 0 Å². The molecule has 0 N–H and O–H groups in total. The molecule has 0 saturated carbocycles. The third-order valence-corrected chi connectivity index (χ3v) is 14.3. The van der Waals surface area contributed by atoms with Crippen LogP contribution in [0.15, 0.2) is 59.5 Å². The zero-order valence-electron chi connectivity index (χ0n) is 23.5. The lowest BCUT2D eigenvalue weighted by atomic mass is 9.88. The molecule has 39 heavy (non-hydrogen) atoms. The van der Waals surface area contributed by atoms with Gasteiger partial charge in [-0.25, -0.2) is 0 Å². The van der Waals surface area contributed by atoms with Gasteiger partial charge in [0, 0.05) is 22.7 Å². The van der Waals surface area contributed by atoms with Crippen molar-refractivity contribution in [3.8, 4) is 0 Å². The Kier molecular flexibility index (Phi) is 9.82. The van der Waals surface area contributed by atoms with Crippen molar-refractivity contribution in [2.24, 2.45) is 0 Å². The normalized spacial score (nSPS) is 27.6. The number of alkyl halides is 1. The van der Waals surface area contributed by atoms with Gasteiger partial charge in [-0.3, -0.25) is 9.59 Å². The van der Waals surface area contributed by atoms with Gasteiger partial charge < -0.3 is 18.6 Å². The summed E-state index contributed by atoms with van der Waals surface area (Å²) in [5.41, 5.74) is 1.76. The van der Waals surface area contributed by atoms with E-state index in [4.69, 9.17) is 18.6 Å². The molecule has 1 saturated heterocycles. The molecule has 212 valence electrons. The average molecular weight is 636 g/mol. The van der Waals surface area contributed by atoms with Crippen LogP contribution in [-0.4, -0.2) is 61.4 Å². The molecule has 4 rings (SSSR count). The SMILES string of the molecule is CC(=O)O[C@H]1[C@H](O[Si](C)(C)C(C)(C)C)[C@@H](Sc2ccccc2)[C@H](OC2CCc3ccccc3C2=O)O[C@@H]1CBr. The number of hydrogen-bond acceptors (Lipinski definition) is 7. The summed E-state index contributed by atoms with van der Waals surface area (Å²) >= 11 is 5.15. The van der Waals surface area contributed by atoms with Crippen molar-refractivity contribution in [2.45, 2.75) is 99.5 Å². The maximum absolute atomic E-state index is 13.5. The quantitative estimate of drug-likeness (QED) is 0.180. The molecule has 0 radical (unpaired) electrons. The molecule has 1 heterocycles. The predicted molar refractivity (Wildman–Crippen MR) is 160 cm³/mol. The van der Waals surface area contributed by atoms with Crippen LogP contribution in [0.5, 0.6) is 0 Å². The third kappa shape index (κ3) is 7.05. The van der Waals surface area contributed by atoms with Crippen molar-refractivity contribution in [2.75, 3.05) is 5.33 Å². The molecule has 6 atom stereocenters. The lowest BCUT2D eigenvalue weighted by Crippen LogP contribution is -2.63. The van der Waals surface area contributed by atoms with E-state index in [1.165, 1.54) is 6.92 Å². The molecule has 2 aromatic carbocycles. The molecule has 9 heteroatoms. The standard InChI is InChI=1S/C30H39BrO6SSi/c1-19(32)34-26-24(18-31)36-29(35-23-17-16-20-12-10-11-15-22(20)25(23)33)28(38-21-13-8-7-9-14-21)27(26)37-39(5,6)30(2,3)4/h7-15,23-24,26-29H,16-18H2,1-6H3/t23?,24-,26-,27+,28-,29-/m1/s1. The van der Waals surface area contributed by atoms with Gasteiger partial charge in [0.15, 0.2) is 26.5 Å². The number of aryl methyl sites for hydroxylation is 1. The fourth-order valence-electron chi connectivity index (χ4n) is 4.74. The highest BCUT2D eigenvalue weighted by Crippen LogP contribution is 2.44. The number of esters is 1. The molecule has 6 nitrogen and oxygen atoms in total. The second kappa shape index (κ2) is 12.6. The zero-order valence-corrected chi connectivity index (χ0v) is 26.9. The minimum Gasteiger partial charge on any atom is -0.457 e. The highest BCUT2D eigenvalue weighted by molar-refractivity contribution is 9.09. The summed E-state index contributed by atoms with van der Waals surface area (Å²) in [7, 11) is -2.33. The van der Waals surface area contributed by atoms with E-state index in [-0.39, 0.29) is 22.0 Å². The number of thioether (sulfide) groups is 1. The highest BCUT2D eigenvalue weighted by atomic mass is 79.9. The van der Waals surface area contributed by atoms with E-state index in [2.05, 4.69) is 49.8 Å². The molecule has 1 aliphatic carbocycles. The van der Waals surface area contributed by atoms with E-state index in [9.17, 15) is 9.59 Å². The first kappa shape index (κ1) is 30.5. The van der Waals surface area contributed by atoms with Crippen molar-refractivity contribution in [1.29, 1.82) is 0 Å². The van der Waals surface area contributed by atoms with Gasteiger partial charge >= 0.3 is 5.97 Å². The number of ether oxygens (including phenoxy) is 3. The number of carbonyl (C=O) groups is 2. The Morgan fingerprint density at radius 1 is 1.08 bits per heavy atom. The van der Waals surface area contributed by atoms with Crippen LogP contribution < -0.4 is 0 Å². The Bertz CT molecular complexity index is 1150. The zero-order chi connectivity index (χ0) is 28.4. The van der Waals surface area contributed by atoms with E-state index < -0.39 is 39.0 Å². The third-order valence-electron chi connectivity index (χ3n) is 7.85. The minimum atomic E-state index is -2.33. The first-order chi connectivity index (χ1) is 18.4. The van der Waals surface area contributed by atoms with Gasteiger partial charge in [0.2, 0.25) is 0 Å². The Morgan fingerprint density at radius 3 is 2.38 bits per heavy atom. The Hall–Kier alpha value is -1.49. The van der Waals surface area contributed by atoms with Crippen LogP contribution in [0.4, 0.5) is 0 Å². The maximum Gasteiger partial charge on any atom is 0.303 e. The van der Waals surface area contributed by atoms with E-state index >= 15 is 0 Å². The predicted octanol–water partition coefficient (Wildman–Crippen LogP) is 6.80. The first-order valence-corrected chi connectivity index (χ1v) is 18.4. The Balaban J connectivity index is 1.73. The molecular weight excluding hydrogens is 596 g/mol. The molecule has 2 aliphatic rings. The number of halogens is 1. The number of Topliss-reactive ketones (excluding diaryl/α,β-unsaturated/α-hetero) is 1. The topological polar surface area (TPSA) is 71.1 Å². The molecule has 1 aliphatic heterocycles. The fourth-order valence-corrected chi connectivity index (χ4v) is 7.89. The summed E-state index contributed by atoms with van der Waals surface area (Å²) in [5, 5.41) is -0.0323. The van der Waals surface area contributed by atoms with E-state index in [1.807, 2.05) is 54.6 Å². The lowest BCUT2D eigenvalue weighted by molar-refractivity contribution is -0.251. The summed E-state index contributed by atoms with van der Waals surface area (Å²) in [5.74, 6) is -0.413. The van der Waals surface area contributed by atoms with Gasteiger partial charge in [0.1, 0.15) is 18.3 Å². The monoisotopic (exact) mass is 634 g/mol. The van der Waals surface area contributed by atoms with Gasteiger partial charge in [-0.2, -0.15) is 0 Å². The highest BCUT2D eigenvalue weighted by Gasteiger charge is 2.53. The Labute approximate surface area is 245 Å². The largest absolute Gasteiger partial charge is 0.457 e. The molecule has 0 spiro atoms. The first-order valence-electron chi connectivity index (χ1n) is 13.5. The van der Waals surface area contributed by atoms with Gasteiger partial charge in [0.25, 0.3) is 0 Å². The summed E-state index contributed by atoms with van der Waals surface area (Å²) in [4.78, 5) is 26.8. The number of carbonyl (C=O) groups excluding carboxylic acids is 2. The molecule has 0 amide bonds. The molecule has 0 aromatic heterocycles. The minimum absolute atomic E-state index is 0.0247. The van der Waals surface area contributed by atoms with Crippen molar-refractivity contribution in [1.82, 2.24) is 0 Å². The summed E-state index contributed by atoms with van der Waals surface area (Å²) < 4.78 is 26.1. The average Bonchev–Trinajstić information content (AvgIpc) is 2.88. The number of benzene rings is 2. The summed E-state index contributed by atoms with van der Waals surface area (Å²) in [6, 6.07) is 17.7.